The number of anilines is 1. The Morgan fingerprint density at radius 2 is 1.85 bits per heavy atom. The van der Waals surface area contributed by atoms with Gasteiger partial charge in [-0.3, -0.25) is 0 Å². The molecule has 0 amide bonds. The van der Waals surface area contributed by atoms with Gasteiger partial charge in [0, 0.05) is 24.2 Å². The fourth-order valence-corrected chi connectivity index (χ4v) is 1.18. The number of hydrogen-bond acceptors (Lipinski definition) is 3. The van der Waals surface area contributed by atoms with Gasteiger partial charge >= 0.3 is 0 Å². The summed E-state index contributed by atoms with van der Waals surface area (Å²) in [5, 5.41) is 3.24. The fourth-order valence-electron chi connectivity index (χ4n) is 1.18. The Bertz CT molecular complexity index is 294. The summed E-state index contributed by atoms with van der Waals surface area (Å²) < 4.78 is 0. The third-order valence-electron chi connectivity index (χ3n) is 2.10. The van der Waals surface area contributed by atoms with E-state index in [2.05, 4.69) is 29.1 Å². The molecule has 0 radical (unpaired) electrons. The SMILES string of the molecule is CCNc1nc(CC)nc(C)c1C. The second-order valence-electron chi connectivity index (χ2n) is 3.08. The van der Waals surface area contributed by atoms with Crippen LogP contribution in [0.4, 0.5) is 5.82 Å². The summed E-state index contributed by atoms with van der Waals surface area (Å²) in [6.45, 7) is 9.12. The third kappa shape index (κ3) is 2.17. The van der Waals surface area contributed by atoms with Gasteiger partial charge in [-0.15, -0.1) is 0 Å². The van der Waals surface area contributed by atoms with Crippen molar-refractivity contribution in [1.29, 1.82) is 0 Å². The molecule has 0 bridgehead atoms. The molecule has 1 aromatic heterocycles. The van der Waals surface area contributed by atoms with E-state index in [0.29, 0.717) is 0 Å². The van der Waals surface area contributed by atoms with E-state index < -0.39 is 0 Å². The first-order valence-electron chi connectivity index (χ1n) is 4.77. The zero-order valence-electron chi connectivity index (χ0n) is 8.81. The summed E-state index contributed by atoms with van der Waals surface area (Å²) >= 11 is 0. The highest BCUT2D eigenvalue weighted by atomic mass is 15.0. The second kappa shape index (κ2) is 4.21. The van der Waals surface area contributed by atoms with Crippen molar-refractivity contribution in [2.45, 2.75) is 34.1 Å². The Balaban J connectivity index is 3.09. The van der Waals surface area contributed by atoms with Crippen LogP contribution in [0.15, 0.2) is 0 Å². The minimum atomic E-state index is 0.888. The van der Waals surface area contributed by atoms with Crippen LogP contribution >= 0.6 is 0 Å². The molecular formula is C10H17N3. The van der Waals surface area contributed by atoms with Gasteiger partial charge in [-0.25, -0.2) is 9.97 Å². The Labute approximate surface area is 79.6 Å². The number of rotatable bonds is 3. The van der Waals surface area contributed by atoms with Crippen molar-refractivity contribution in [3.05, 3.63) is 17.1 Å². The Kier molecular flexibility index (Phi) is 3.23. The van der Waals surface area contributed by atoms with Gasteiger partial charge in [-0.05, 0) is 20.8 Å². The lowest BCUT2D eigenvalue weighted by Crippen LogP contribution is -2.07. The largest absolute Gasteiger partial charge is 0.370 e. The van der Waals surface area contributed by atoms with E-state index in [1.807, 2.05) is 13.8 Å². The monoisotopic (exact) mass is 179 g/mol. The normalized spacial score (nSPS) is 10.2. The van der Waals surface area contributed by atoms with Crippen LogP contribution in [0.3, 0.4) is 0 Å². The maximum absolute atomic E-state index is 4.42. The molecule has 1 aromatic rings. The van der Waals surface area contributed by atoms with Crippen LogP contribution in [0.2, 0.25) is 0 Å². The first kappa shape index (κ1) is 9.96. The summed E-state index contributed by atoms with van der Waals surface area (Å²) in [7, 11) is 0. The maximum atomic E-state index is 4.42. The highest BCUT2D eigenvalue weighted by Crippen LogP contribution is 2.14. The van der Waals surface area contributed by atoms with Crippen LogP contribution in [0.1, 0.15) is 30.9 Å². The summed E-state index contributed by atoms with van der Waals surface area (Å²) in [6.07, 6.45) is 0.888. The first-order valence-corrected chi connectivity index (χ1v) is 4.77. The number of nitrogens with one attached hydrogen (secondary N) is 1. The standard InChI is InChI=1S/C10H17N3/c1-5-9-12-8(4)7(3)10(13-9)11-6-2/h5-6H2,1-4H3,(H,11,12,13). The molecule has 13 heavy (non-hydrogen) atoms. The molecule has 1 heterocycles. The summed E-state index contributed by atoms with van der Waals surface area (Å²) in [4.78, 5) is 8.80. The van der Waals surface area contributed by atoms with Gasteiger partial charge in [0.05, 0.1) is 0 Å². The molecule has 0 saturated heterocycles. The zero-order valence-corrected chi connectivity index (χ0v) is 8.81. The van der Waals surface area contributed by atoms with Crippen LogP contribution < -0.4 is 5.32 Å². The molecule has 0 saturated carbocycles. The van der Waals surface area contributed by atoms with Crippen molar-refractivity contribution in [1.82, 2.24) is 9.97 Å². The predicted octanol–water partition coefficient (Wildman–Crippen LogP) is 2.09. The summed E-state index contributed by atoms with van der Waals surface area (Å²) in [6, 6.07) is 0. The van der Waals surface area contributed by atoms with E-state index >= 15 is 0 Å². The van der Waals surface area contributed by atoms with Gasteiger partial charge < -0.3 is 5.32 Å². The van der Waals surface area contributed by atoms with Gasteiger partial charge in [0.2, 0.25) is 0 Å². The molecule has 72 valence electrons. The van der Waals surface area contributed by atoms with Crippen LogP contribution in [0.5, 0.6) is 0 Å². The number of aryl methyl sites for hydroxylation is 2. The average Bonchev–Trinajstić information content (AvgIpc) is 2.13. The molecule has 0 aliphatic rings. The van der Waals surface area contributed by atoms with Gasteiger partial charge in [-0.1, -0.05) is 6.92 Å². The van der Waals surface area contributed by atoms with E-state index in [-0.39, 0.29) is 0 Å². The fraction of sp³-hybridized carbons (Fsp3) is 0.600. The number of nitrogens with zero attached hydrogens (tertiary/aromatic N) is 2. The van der Waals surface area contributed by atoms with Crippen molar-refractivity contribution in [2.75, 3.05) is 11.9 Å². The van der Waals surface area contributed by atoms with Crippen molar-refractivity contribution in [3.8, 4) is 0 Å². The van der Waals surface area contributed by atoms with Gasteiger partial charge in [0.1, 0.15) is 11.6 Å². The minimum Gasteiger partial charge on any atom is -0.370 e. The predicted molar refractivity (Wildman–Crippen MR) is 55.0 cm³/mol. The Morgan fingerprint density at radius 3 is 2.38 bits per heavy atom. The van der Waals surface area contributed by atoms with Crippen LogP contribution in [-0.2, 0) is 6.42 Å². The average molecular weight is 179 g/mol. The second-order valence-corrected chi connectivity index (χ2v) is 3.08. The Morgan fingerprint density at radius 1 is 1.15 bits per heavy atom. The molecule has 0 aliphatic carbocycles. The van der Waals surface area contributed by atoms with E-state index in [9.17, 15) is 0 Å². The quantitative estimate of drug-likeness (QED) is 0.772. The van der Waals surface area contributed by atoms with Crippen molar-refractivity contribution in [3.63, 3.8) is 0 Å². The van der Waals surface area contributed by atoms with Gasteiger partial charge in [-0.2, -0.15) is 0 Å². The number of hydrogen-bond donors (Lipinski definition) is 1. The molecule has 0 fully saturated rings. The smallest absolute Gasteiger partial charge is 0.132 e. The zero-order chi connectivity index (χ0) is 9.84. The molecule has 3 nitrogen and oxygen atoms in total. The van der Waals surface area contributed by atoms with E-state index in [4.69, 9.17) is 0 Å². The molecule has 0 aliphatic heterocycles. The molecule has 0 aromatic carbocycles. The van der Waals surface area contributed by atoms with Crippen molar-refractivity contribution >= 4 is 5.82 Å². The highest BCUT2D eigenvalue weighted by molar-refractivity contribution is 5.45. The lowest BCUT2D eigenvalue weighted by Gasteiger charge is -2.09. The van der Waals surface area contributed by atoms with Gasteiger partial charge in [0.25, 0.3) is 0 Å². The minimum absolute atomic E-state index is 0.888. The van der Waals surface area contributed by atoms with Gasteiger partial charge in [0.15, 0.2) is 0 Å². The van der Waals surface area contributed by atoms with Crippen LogP contribution in [0, 0.1) is 13.8 Å². The van der Waals surface area contributed by atoms with E-state index in [1.165, 1.54) is 0 Å². The summed E-state index contributed by atoms with van der Waals surface area (Å²) in [5.41, 5.74) is 2.22. The first-order chi connectivity index (χ1) is 6.19. The number of aromatic nitrogens is 2. The highest BCUT2D eigenvalue weighted by Gasteiger charge is 2.05. The molecule has 3 heteroatoms. The molecular weight excluding hydrogens is 162 g/mol. The lowest BCUT2D eigenvalue weighted by molar-refractivity contribution is 0.902. The molecule has 0 atom stereocenters. The topological polar surface area (TPSA) is 37.8 Å². The molecule has 0 spiro atoms. The molecule has 1 rings (SSSR count). The van der Waals surface area contributed by atoms with E-state index in [0.717, 1.165) is 35.9 Å². The Hall–Kier alpha value is -1.12. The lowest BCUT2D eigenvalue weighted by atomic mass is 10.2. The van der Waals surface area contributed by atoms with Crippen LogP contribution in [-0.4, -0.2) is 16.5 Å². The van der Waals surface area contributed by atoms with Crippen LogP contribution in [0.25, 0.3) is 0 Å². The third-order valence-corrected chi connectivity index (χ3v) is 2.10. The molecule has 1 N–H and O–H groups in total. The van der Waals surface area contributed by atoms with Crippen molar-refractivity contribution < 1.29 is 0 Å². The maximum Gasteiger partial charge on any atom is 0.132 e. The van der Waals surface area contributed by atoms with Crippen molar-refractivity contribution in [2.24, 2.45) is 0 Å². The molecule has 0 unspecified atom stereocenters. The van der Waals surface area contributed by atoms with E-state index in [1.54, 1.807) is 0 Å². The summed E-state index contributed by atoms with van der Waals surface area (Å²) in [5.74, 6) is 1.89.